The minimum atomic E-state index is -0.0444. The number of hydrogen-bond donors (Lipinski definition) is 0. The van der Waals surface area contributed by atoms with Gasteiger partial charge in [0.2, 0.25) is 0 Å². The molecule has 0 bridgehead atoms. The maximum absolute atomic E-state index is 6.28. The summed E-state index contributed by atoms with van der Waals surface area (Å²) in [4.78, 5) is 6.76. The van der Waals surface area contributed by atoms with Crippen LogP contribution in [0, 0.1) is 0 Å². The van der Waals surface area contributed by atoms with Crippen LogP contribution in [0.4, 0.5) is 0 Å². The van der Waals surface area contributed by atoms with Gasteiger partial charge in [0.25, 0.3) is 0 Å². The Kier molecular flexibility index (Phi) is 4.27. The zero-order chi connectivity index (χ0) is 18.1. The van der Waals surface area contributed by atoms with Crippen LogP contribution in [0.25, 0.3) is 11.1 Å². The zero-order valence-corrected chi connectivity index (χ0v) is 15.5. The van der Waals surface area contributed by atoms with E-state index in [1.54, 1.807) is 0 Å². The molecular formula is C24H24N2O. The normalized spacial score (nSPS) is 18.5. The van der Waals surface area contributed by atoms with Gasteiger partial charge in [-0.1, -0.05) is 54.6 Å². The van der Waals surface area contributed by atoms with Gasteiger partial charge in [-0.05, 0) is 46.7 Å². The fourth-order valence-electron chi connectivity index (χ4n) is 4.46. The first-order valence-electron chi connectivity index (χ1n) is 9.76. The lowest BCUT2D eigenvalue weighted by atomic mass is 9.84. The number of benzene rings is 2. The van der Waals surface area contributed by atoms with Gasteiger partial charge in [-0.2, -0.15) is 0 Å². The van der Waals surface area contributed by atoms with E-state index in [1.807, 2.05) is 18.5 Å². The minimum absolute atomic E-state index is 0.0444. The van der Waals surface area contributed by atoms with Gasteiger partial charge < -0.3 is 4.74 Å². The molecule has 1 saturated heterocycles. The van der Waals surface area contributed by atoms with Crippen molar-refractivity contribution < 1.29 is 4.74 Å². The van der Waals surface area contributed by atoms with Crippen molar-refractivity contribution >= 4 is 0 Å². The molecule has 2 aliphatic rings. The summed E-state index contributed by atoms with van der Waals surface area (Å²) in [5.74, 6) is 0. The molecule has 136 valence electrons. The first-order valence-corrected chi connectivity index (χ1v) is 9.76. The summed E-state index contributed by atoms with van der Waals surface area (Å²) in [6.45, 7) is 3.94. The SMILES string of the molecule is c1cncc(-c2ccc(CN3CCC4(CC3)OCc3ccccc34)cc2)c1. The monoisotopic (exact) mass is 356 g/mol. The number of piperidine rings is 1. The molecule has 3 nitrogen and oxygen atoms in total. The quantitative estimate of drug-likeness (QED) is 0.676. The van der Waals surface area contributed by atoms with E-state index >= 15 is 0 Å². The average molecular weight is 356 g/mol. The van der Waals surface area contributed by atoms with Crippen molar-refractivity contribution in [2.24, 2.45) is 0 Å². The summed E-state index contributed by atoms with van der Waals surface area (Å²) in [5, 5.41) is 0. The summed E-state index contributed by atoms with van der Waals surface area (Å²) in [6.07, 6.45) is 5.89. The van der Waals surface area contributed by atoms with Crippen LogP contribution < -0.4 is 0 Å². The van der Waals surface area contributed by atoms with Gasteiger partial charge in [-0.15, -0.1) is 0 Å². The van der Waals surface area contributed by atoms with Crippen LogP contribution >= 0.6 is 0 Å². The second-order valence-corrected chi connectivity index (χ2v) is 7.65. The number of ether oxygens (including phenoxy) is 1. The molecule has 5 rings (SSSR count). The summed E-state index contributed by atoms with van der Waals surface area (Å²) >= 11 is 0. The highest BCUT2D eigenvalue weighted by molar-refractivity contribution is 5.62. The molecular weight excluding hydrogens is 332 g/mol. The van der Waals surface area contributed by atoms with Crippen LogP contribution in [0.2, 0.25) is 0 Å². The Balaban J connectivity index is 1.24. The van der Waals surface area contributed by atoms with Crippen molar-refractivity contribution in [3.8, 4) is 11.1 Å². The number of likely N-dealkylation sites (tertiary alicyclic amines) is 1. The Morgan fingerprint density at radius 1 is 0.889 bits per heavy atom. The van der Waals surface area contributed by atoms with Gasteiger partial charge in [-0.3, -0.25) is 9.88 Å². The molecule has 0 N–H and O–H groups in total. The molecule has 1 aromatic heterocycles. The van der Waals surface area contributed by atoms with Crippen LogP contribution in [0.1, 0.15) is 29.5 Å². The Morgan fingerprint density at radius 3 is 2.48 bits per heavy atom. The van der Waals surface area contributed by atoms with Gasteiger partial charge >= 0.3 is 0 Å². The maximum atomic E-state index is 6.28. The maximum Gasteiger partial charge on any atom is 0.0963 e. The summed E-state index contributed by atoms with van der Waals surface area (Å²) in [5.41, 5.74) is 6.51. The van der Waals surface area contributed by atoms with E-state index in [4.69, 9.17) is 4.74 Å². The van der Waals surface area contributed by atoms with E-state index in [-0.39, 0.29) is 5.60 Å². The van der Waals surface area contributed by atoms with E-state index in [9.17, 15) is 0 Å². The molecule has 0 unspecified atom stereocenters. The number of nitrogens with zero attached hydrogens (tertiary/aromatic N) is 2. The van der Waals surface area contributed by atoms with Crippen LogP contribution in [-0.4, -0.2) is 23.0 Å². The Hall–Kier alpha value is -2.49. The van der Waals surface area contributed by atoms with Crippen molar-refractivity contribution in [3.05, 3.63) is 89.7 Å². The molecule has 27 heavy (non-hydrogen) atoms. The predicted octanol–water partition coefficient (Wildman–Crippen LogP) is 4.77. The number of rotatable bonds is 3. The second kappa shape index (κ2) is 6.91. The summed E-state index contributed by atoms with van der Waals surface area (Å²) in [7, 11) is 0. The standard InChI is InChI=1S/C24H24N2O/c1-2-6-23-22(4-1)18-27-24(23)11-14-26(15-12-24)17-19-7-9-20(10-8-19)21-5-3-13-25-16-21/h1-10,13,16H,11-12,14-15,17-18H2. The largest absolute Gasteiger partial charge is 0.365 e. The number of pyridine rings is 1. The molecule has 0 atom stereocenters. The highest BCUT2D eigenvalue weighted by Gasteiger charge is 2.42. The second-order valence-electron chi connectivity index (χ2n) is 7.65. The van der Waals surface area contributed by atoms with E-state index < -0.39 is 0 Å². The molecule has 1 spiro atoms. The van der Waals surface area contributed by atoms with E-state index in [0.717, 1.165) is 39.1 Å². The van der Waals surface area contributed by atoms with Crippen LogP contribution in [0.15, 0.2) is 73.1 Å². The van der Waals surface area contributed by atoms with Gasteiger partial charge in [0, 0.05) is 32.0 Å². The van der Waals surface area contributed by atoms with E-state index in [0.29, 0.717) is 0 Å². The van der Waals surface area contributed by atoms with Gasteiger partial charge in [0.1, 0.15) is 0 Å². The first-order chi connectivity index (χ1) is 13.3. The highest BCUT2D eigenvalue weighted by atomic mass is 16.5. The Morgan fingerprint density at radius 2 is 1.70 bits per heavy atom. The lowest BCUT2D eigenvalue weighted by Crippen LogP contribution is -2.42. The topological polar surface area (TPSA) is 25.4 Å². The Bertz CT molecular complexity index is 913. The summed E-state index contributed by atoms with van der Waals surface area (Å²) in [6, 6.07) is 21.7. The predicted molar refractivity (Wildman–Crippen MR) is 107 cm³/mol. The van der Waals surface area contributed by atoms with E-state index in [2.05, 4.69) is 64.5 Å². The van der Waals surface area contributed by atoms with Gasteiger partial charge in [0.05, 0.1) is 12.2 Å². The molecule has 2 aliphatic heterocycles. The van der Waals surface area contributed by atoms with Crippen molar-refractivity contribution in [3.63, 3.8) is 0 Å². The molecule has 2 aromatic carbocycles. The number of aromatic nitrogens is 1. The third-order valence-electron chi connectivity index (χ3n) is 6.03. The van der Waals surface area contributed by atoms with Crippen LogP contribution in [-0.2, 0) is 23.5 Å². The number of fused-ring (bicyclic) bond motifs is 2. The van der Waals surface area contributed by atoms with Crippen LogP contribution in [0.5, 0.6) is 0 Å². The third kappa shape index (κ3) is 3.18. The van der Waals surface area contributed by atoms with Crippen LogP contribution in [0.3, 0.4) is 0 Å². The molecule has 1 fully saturated rings. The van der Waals surface area contributed by atoms with Crippen molar-refractivity contribution in [1.29, 1.82) is 0 Å². The average Bonchev–Trinajstić information content (AvgIpc) is 3.10. The molecule has 0 saturated carbocycles. The van der Waals surface area contributed by atoms with Crippen molar-refractivity contribution in [2.75, 3.05) is 13.1 Å². The van der Waals surface area contributed by atoms with E-state index in [1.165, 1.54) is 27.8 Å². The number of hydrogen-bond acceptors (Lipinski definition) is 3. The Labute approximate surface area is 160 Å². The third-order valence-corrected chi connectivity index (χ3v) is 6.03. The molecule has 0 radical (unpaired) electrons. The lowest BCUT2D eigenvalue weighted by Gasteiger charge is -2.39. The fraction of sp³-hybridized carbons (Fsp3) is 0.292. The molecule has 3 heteroatoms. The lowest BCUT2D eigenvalue weighted by molar-refractivity contribution is -0.0799. The van der Waals surface area contributed by atoms with Crippen molar-refractivity contribution in [2.45, 2.75) is 31.6 Å². The first kappa shape index (κ1) is 16.7. The highest BCUT2D eigenvalue weighted by Crippen LogP contribution is 2.44. The molecule has 3 heterocycles. The molecule has 3 aromatic rings. The summed E-state index contributed by atoms with van der Waals surface area (Å²) < 4.78 is 6.28. The minimum Gasteiger partial charge on any atom is -0.365 e. The zero-order valence-electron chi connectivity index (χ0n) is 15.5. The van der Waals surface area contributed by atoms with Gasteiger partial charge in [0.15, 0.2) is 0 Å². The molecule has 0 aliphatic carbocycles. The molecule has 0 amide bonds. The van der Waals surface area contributed by atoms with Gasteiger partial charge in [-0.25, -0.2) is 0 Å². The smallest absolute Gasteiger partial charge is 0.0963 e. The van der Waals surface area contributed by atoms with Crippen molar-refractivity contribution in [1.82, 2.24) is 9.88 Å². The fourth-order valence-corrected chi connectivity index (χ4v) is 4.46.